The molecule has 4 aromatic rings. The minimum Gasteiger partial charge on any atom is -0.478 e. The first-order valence-corrected chi connectivity index (χ1v) is 26.1. The van der Waals surface area contributed by atoms with E-state index in [9.17, 15) is 41.1 Å². The van der Waals surface area contributed by atoms with E-state index in [4.69, 9.17) is 24.2 Å². The van der Waals surface area contributed by atoms with Crippen LogP contribution in [0.2, 0.25) is 0 Å². The van der Waals surface area contributed by atoms with Crippen molar-refractivity contribution in [3.05, 3.63) is 106 Å². The second-order valence-electron chi connectivity index (χ2n) is 19.4. The highest BCUT2D eigenvalue weighted by Crippen LogP contribution is 2.35. The van der Waals surface area contributed by atoms with E-state index in [0.29, 0.717) is 11.5 Å². The van der Waals surface area contributed by atoms with Gasteiger partial charge in [0, 0.05) is 64.5 Å². The maximum atomic E-state index is 13.8. The Bertz CT molecular complexity index is 2890. The zero-order valence-corrected chi connectivity index (χ0v) is 44.0. The lowest BCUT2D eigenvalue weighted by Gasteiger charge is -2.35. The number of carboxylic acid groups (broad SMARTS) is 1. The minimum atomic E-state index is -4.11. The minimum absolute atomic E-state index is 0.0320. The summed E-state index contributed by atoms with van der Waals surface area (Å²) in [6.45, 7) is 19.2. The Balaban J connectivity index is 0.000000269. The number of ether oxygens (including phenoxy) is 4. The molecule has 2 aliphatic rings. The lowest BCUT2D eigenvalue weighted by molar-refractivity contribution is 0.0183. The number of carbonyl (C=O) groups excluding carboxylic acids is 3. The highest BCUT2D eigenvalue weighted by molar-refractivity contribution is 7.89. The summed E-state index contributed by atoms with van der Waals surface area (Å²) < 4.78 is 79.9. The molecule has 0 aliphatic carbocycles. The maximum Gasteiger partial charge on any atom is 0.410 e. The van der Waals surface area contributed by atoms with Gasteiger partial charge in [-0.15, -0.1) is 0 Å². The monoisotopic (exact) mass is 1030 g/mol. The predicted molar refractivity (Wildman–Crippen MR) is 268 cm³/mol. The van der Waals surface area contributed by atoms with Gasteiger partial charge in [0.1, 0.15) is 44.0 Å². The number of nitriles is 1. The Labute approximate surface area is 422 Å². The van der Waals surface area contributed by atoms with Crippen LogP contribution in [0.15, 0.2) is 82.6 Å². The quantitative estimate of drug-likeness (QED) is 0.128. The average molecular weight is 1030 g/mol. The summed E-state index contributed by atoms with van der Waals surface area (Å²) in [5.74, 6) is -0.706. The van der Waals surface area contributed by atoms with Crippen molar-refractivity contribution in [3.63, 3.8) is 0 Å². The Morgan fingerprint density at radius 2 is 0.944 bits per heavy atom. The third kappa shape index (κ3) is 15.4. The molecule has 2 saturated heterocycles. The number of carbonyl (C=O) groups is 4. The number of aromatic carboxylic acids is 1. The van der Waals surface area contributed by atoms with Crippen molar-refractivity contribution >= 4 is 44.1 Å². The molecule has 2 fully saturated rings. The molecule has 72 heavy (non-hydrogen) atoms. The summed E-state index contributed by atoms with van der Waals surface area (Å²) in [5, 5.41) is 20.8. The summed E-state index contributed by atoms with van der Waals surface area (Å²) in [5.41, 5.74) is 2.44. The standard InChI is InChI=1S/C27H34N4O6S.C24H30N2O7S/c1-19-15-20(2)17-22(16-19)36-23-8-7-21(25(32)29-10-6-9-28)18-24(23)38(34,35)31-13-11-30(12-14-31)26(33)37-27(3,4)5;1-16-12-17(2)14-19(13-16)32-20-7-6-18(22(27)28)15-21(20)34(30,31)26-10-8-25(9-11-26)23(29)33-24(3,4)5/h7-8,15-18H,6,10-14H2,1-5H3,(H,29,32);6-7,12-15H,8-11H2,1-5H3,(H,27,28). The Morgan fingerprint density at radius 1 is 0.583 bits per heavy atom. The van der Waals surface area contributed by atoms with Crippen LogP contribution in [0.3, 0.4) is 0 Å². The van der Waals surface area contributed by atoms with E-state index < -0.39 is 55.3 Å². The van der Waals surface area contributed by atoms with Gasteiger partial charge in [0.05, 0.1) is 18.1 Å². The van der Waals surface area contributed by atoms with Crippen LogP contribution < -0.4 is 14.8 Å². The molecule has 0 spiro atoms. The number of benzene rings is 4. The van der Waals surface area contributed by atoms with Crippen LogP contribution in [0.1, 0.15) is 90.9 Å². The van der Waals surface area contributed by atoms with Crippen LogP contribution in [-0.4, -0.2) is 135 Å². The second-order valence-corrected chi connectivity index (χ2v) is 23.2. The van der Waals surface area contributed by atoms with E-state index in [1.807, 2.05) is 45.9 Å². The topological polar surface area (TPSA) is 242 Å². The van der Waals surface area contributed by atoms with Crippen LogP contribution in [0.5, 0.6) is 23.0 Å². The second kappa shape index (κ2) is 23.2. The van der Waals surface area contributed by atoms with E-state index in [1.165, 1.54) is 48.7 Å². The number of nitrogens with one attached hydrogen (secondary N) is 1. The fourth-order valence-corrected chi connectivity index (χ4v) is 10.7. The van der Waals surface area contributed by atoms with Gasteiger partial charge in [0.2, 0.25) is 20.0 Å². The summed E-state index contributed by atoms with van der Waals surface area (Å²) in [4.78, 5) is 51.5. The van der Waals surface area contributed by atoms with Crippen molar-refractivity contribution in [1.82, 2.24) is 23.7 Å². The van der Waals surface area contributed by atoms with Crippen molar-refractivity contribution in [2.24, 2.45) is 0 Å². The molecule has 388 valence electrons. The van der Waals surface area contributed by atoms with Gasteiger partial charge >= 0.3 is 18.2 Å². The van der Waals surface area contributed by atoms with Gasteiger partial charge in [-0.25, -0.2) is 31.2 Å². The number of piperazine rings is 2. The number of carboxylic acids is 1. The Morgan fingerprint density at radius 3 is 1.29 bits per heavy atom. The van der Waals surface area contributed by atoms with Gasteiger partial charge in [-0.05, 0) is 152 Å². The van der Waals surface area contributed by atoms with Crippen molar-refractivity contribution in [1.29, 1.82) is 5.26 Å². The SMILES string of the molecule is Cc1cc(C)cc(Oc2ccc(C(=O)NCCC#N)cc2S(=O)(=O)N2CCN(C(=O)OC(C)(C)C)CC2)c1.Cc1cc(C)cc(Oc2ccc(C(=O)O)cc2S(=O)(=O)N2CCN(C(=O)OC(C)(C)C)CC2)c1. The molecular formula is C51H64N6O13S2. The van der Waals surface area contributed by atoms with E-state index in [0.717, 1.165) is 28.3 Å². The lowest BCUT2D eigenvalue weighted by atomic mass is 10.1. The van der Waals surface area contributed by atoms with Crippen molar-refractivity contribution in [3.8, 4) is 29.1 Å². The fourth-order valence-electron chi connectivity index (χ4n) is 7.59. The van der Waals surface area contributed by atoms with Gasteiger partial charge in [-0.3, -0.25) is 4.79 Å². The van der Waals surface area contributed by atoms with Gasteiger partial charge < -0.3 is 39.2 Å². The van der Waals surface area contributed by atoms with Crippen LogP contribution in [0, 0.1) is 39.0 Å². The van der Waals surface area contributed by atoms with Gasteiger partial charge in [-0.2, -0.15) is 13.9 Å². The van der Waals surface area contributed by atoms with E-state index >= 15 is 0 Å². The number of sulfonamides is 2. The molecule has 19 nitrogen and oxygen atoms in total. The normalized spacial score (nSPS) is 14.8. The molecule has 2 aliphatic heterocycles. The number of hydrogen-bond donors (Lipinski definition) is 2. The lowest BCUT2D eigenvalue weighted by Crippen LogP contribution is -2.51. The van der Waals surface area contributed by atoms with Crippen molar-refractivity contribution in [2.75, 3.05) is 58.9 Å². The van der Waals surface area contributed by atoms with E-state index in [-0.39, 0.29) is 97.7 Å². The first-order valence-electron chi connectivity index (χ1n) is 23.2. The summed E-state index contributed by atoms with van der Waals surface area (Å²) >= 11 is 0. The summed E-state index contributed by atoms with van der Waals surface area (Å²) in [7, 11) is -8.21. The first-order chi connectivity index (χ1) is 33.6. The number of nitrogens with zero attached hydrogens (tertiary/aromatic N) is 5. The highest BCUT2D eigenvalue weighted by atomic mass is 32.2. The average Bonchev–Trinajstić information content (AvgIpc) is 3.27. The molecule has 3 amide bonds. The molecule has 0 aromatic heterocycles. The number of amides is 3. The van der Waals surface area contributed by atoms with Crippen LogP contribution in [0.25, 0.3) is 0 Å². The third-order valence-electron chi connectivity index (χ3n) is 10.8. The Hall–Kier alpha value is -6.73. The van der Waals surface area contributed by atoms with Crippen LogP contribution in [0.4, 0.5) is 9.59 Å². The van der Waals surface area contributed by atoms with Gasteiger partial charge in [0.25, 0.3) is 5.91 Å². The van der Waals surface area contributed by atoms with Crippen LogP contribution >= 0.6 is 0 Å². The molecule has 2 heterocycles. The van der Waals surface area contributed by atoms with Gasteiger partial charge in [0.15, 0.2) is 0 Å². The molecule has 0 atom stereocenters. The maximum absolute atomic E-state index is 13.8. The van der Waals surface area contributed by atoms with Gasteiger partial charge in [-0.1, -0.05) is 12.1 Å². The molecule has 0 saturated carbocycles. The van der Waals surface area contributed by atoms with E-state index in [1.54, 1.807) is 65.8 Å². The van der Waals surface area contributed by atoms with Crippen molar-refractivity contribution in [2.45, 2.75) is 96.7 Å². The third-order valence-corrected chi connectivity index (χ3v) is 14.6. The molecule has 6 rings (SSSR count). The summed E-state index contributed by atoms with van der Waals surface area (Å²) in [6, 6.07) is 21.0. The zero-order chi connectivity index (χ0) is 53.3. The largest absolute Gasteiger partial charge is 0.478 e. The Kier molecular flexibility index (Phi) is 18.1. The first kappa shape index (κ1) is 56.2. The smallest absolute Gasteiger partial charge is 0.410 e. The molecule has 21 heteroatoms. The number of aryl methyl sites for hydroxylation is 4. The molecule has 0 radical (unpaired) electrons. The number of hydrogen-bond acceptors (Lipinski definition) is 13. The fraction of sp³-hybridized carbons (Fsp3) is 0.431. The molecule has 2 N–H and O–H groups in total. The number of rotatable bonds is 12. The molecule has 0 unspecified atom stereocenters. The predicted octanol–water partition coefficient (Wildman–Crippen LogP) is 8.02. The molecule has 0 bridgehead atoms. The van der Waals surface area contributed by atoms with Crippen molar-refractivity contribution < 1.29 is 60.1 Å². The molecular weight excluding hydrogens is 969 g/mol. The molecule has 4 aromatic carbocycles. The van der Waals surface area contributed by atoms with Crippen LogP contribution in [-0.2, 0) is 29.5 Å². The zero-order valence-electron chi connectivity index (χ0n) is 42.4. The van der Waals surface area contributed by atoms with E-state index in [2.05, 4.69) is 5.32 Å². The summed E-state index contributed by atoms with van der Waals surface area (Å²) in [6.07, 6.45) is -0.868. The highest BCUT2D eigenvalue weighted by Gasteiger charge is 2.36.